The molecule has 1 fully saturated rings. The number of para-hydroxylation sites is 1. The highest BCUT2D eigenvalue weighted by molar-refractivity contribution is 7.99. The molecule has 3 N–H and O–H groups in total. The van der Waals surface area contributed by atoms with E-state index in [1.807, 2.05) is 11.8 Å². The normalized spacial score (nSPS) is 18.0. The minimum absolute atomic E-state index is 0.102. The number of nitrogens with one attached hydrogen (secondary N) is 2. The maximum Gasteiger partial charge on any atom is 0.319 e. The van der Waals surface area contributed by atoms with Gasteiger partial charge in [-0.25, -0.2) is 4.79 Å². The second kappa shape index (κ2) is 7.93. The summed E-state index contributed by atoms with van der Waals surface area (Å²) in [5.74, 6) is 0.248. The number of thioether (sulfide) groups is 1. The number of carbonyl (C=O) groups is 2. The number of amides is 2. The summed E-state index contributed by atoms with van der Waals surface area (Å²) in [6, 6.07) is 6.69. The van der Waals surface area contributed by atoms with Crippen LogP contribution in [0.4, 0.5) is 10.5 Å². The Morgan fingerprint density at radius 3 is 2.81 bits per heavy atom. The number of hydrogen-bond acceptors (Lipinski definition) is 3. The third-order valence-corrected chi connectivity index (χ3v) is 4.77. The van der Waals surface area contributed by atoms with Gasteiger partial charge in [0.15, 0.2) is 0 Å². The molecule has 0 saturated carbocycles. The zero-order valence-corrected chi connectivity index (χ0v) is 12.6. The molecule has 1 atom stereocenters. The molecule has 1 heterocycles. The second-order valence-corrected chi connectivity index (χ2v) is 6.46. The Kier molecular flexibility index (Phi) is 5.92. The molecule has 2 rings (SSSR count). The van der Waals surface area contributed by atoms with Crippen molar-refractivity contribution < 1.29 is 14.7 Å². The fourth-order valence-electron chi connectivity index (χ4n) is 2.30. The van der Waals surface area contributed by atoms with Gasteiger partial charge in [0.25, 0.3) is 0 Å². The first-order valence-electron chi connectivity index (χ1n) is 7.11. The summed E-state index contributed by atoms with van der Waals surface area (Å²) in [4.78, 5) is 22.7. The Hall–Kier alpha value is -1.69. The Balaban J connectivity index is 1.85. The van der Waals surface area contributed by atoms with Crippen LogP contribution in [0, 0.1) is 0 Å². The van der Waals surface area contributed by atoms with Crippen LogP contribution < -0.4 is 10.6 Å². The summed E-state index contributed by atoms with van der Waals surface area (Å²) < 4.78 is 0. The molecule has 1 saturated heterocycles. The highest BCUT2D eigenvalue weighted by atomic mass is 32.2. The lowest BCUT2D eigenvalue weighted by atomic mass is 10.1. The number of rotatable bonds is 5. The van der Waals surface area contributed by atoms with E-state index in [2.05, 4.69) is 10.6 Å². The number of benzene rings is 1. The molecule has 0 spiro atoms. The molecule has 0 aliphatic carbocycles. The van der Waals surface area contributed by atoms with Crippen molar-refractivity contribution in [2.45, 2.75) is 30.9 Å². The number of anilines is 1. The van der Waals surface area contributed by atoms with Gasteiger partial charge in [-0.15, -0.1) is 0 Å². The molecule has 2 amide bonds. The van der Waals surface area contributed by atoms with E-state index >= 15 is 0 Å². The van der Waals surface area contributed by atoms with Gasteiger partial charge >= 0.3 is 12.0 Å². The first kappa shape index (κ1) is 15.7. The van der Waals surface area contributed by atoms with E-state index in [9.17, 15) is 9.59 Å². The van der Waals surface area contributed by atoms with Gasteiger partial charge in [-0.2, -0.15) is 11.8 Å². The minimum Gasteiger partial charge on any atom is -0.481 e. The van der Waals surface area contributed by atoms with E-state index in [0.29, 0.717) is 23.0 Å². The average molecular weight is 308 g/mol. The van der Waals surface area contributed by atoms with Crippen LogP contribution in [0.1, 0.15) is 24.8 Å². The molecular formula is C15H20N2O3S. The highest BCUT2D eigenvalue weighted by Gasteiger charge is 2.15. The number of carbonyl (C=O) groups excluding carboxylic acids is 1. The Morgan fingerprint density at radius 1 is 1.29 bits per heavy atom. The molecule has 114 valence electrons. The number of urea groups is 1. The predicted molar refractivity (Wildman–Crippen MR) is 84.9 cm³/mol. The van der Waals surface area contributed by atoms with Crippen molar-refractivity contribution in [1.29, 1.82) is 0 Å². The molecule has 6 heteroatoms. The van der Waals surface area contributed by atoms with E-state index in [4.69, 9.17) is 5.11 Å². The van der Waals surface area contributed by atoms with Gasteiger partial charge in [0, 0.05) is 17.5 Å². The average Bonchev–Trinajstić information content (AvgIpc) is 2.48. The van der Waals surface area contributed by atoms with Crippen LogP contribution in [0.5, 0.6) is 0 Å². The number of hydrogen-bond donors (Lipinski definition) is 3. The molecule has 1 unspecified atom stereocenters. The fraction of sp³-hybridized carbons (Fsp3) is 0.467. The summed E-state index contributed by atoms with van der Waals surface area (Å²) in [5.41, 5.74) is 1.15. The zero-order chi connectivity index (χ0) is 15.1. The first-order valence-corrected chi connectivity index (χ1v) is 8.16. The van der Waals surface area contributed by atoms with Crippen molar-refractivity contribution in [2.24, 2.45) is 0 Å². The van der Waals surface area contributed by atoms with Gasteiger partial charge in [0.1, 0.15) is 0 Å². The van der Waals surface area contributed by atoms with E-state index in [1.54, 1.807) is 24.3 Å². The lowest BCUT2D eigenvalue weighted by Gasteiger charge is -2.21. The number of carboxylic acids is 1. The maximum atomic E-state index is 11.9. The van der Waals surface area contributed by atoms with Crippen molar-refractivity contribution in [3.63, 3.8) is 0 Å². The molecule has 5 nitrogen and oxygen atoms in total. The standard InChI is InChI=1S/C15H20N2O3S/c18-14(19)9-11-5-1-2-7-13(11)17-15(20)16-10-12-6-3-4-8-21-12/h1-2,5,7,12H,3-4,6,8-10H2,(H,18,19)(H2,16,17,20). The number of aliphatic carboxylic acids is 1. The summed E-state index contributed by atoms with van der Waals surface area (Å²) in [6.07, 6.45) is 3.52. The quantitative estimate of drug-likeness (QED) is 0.781. The van der Waals surface area contributed by atoms with Crippen LogP contribution in [0.2, 0.25) is 0 Å². The van der Waals surface area contributed by atoms with Crippen LogP contribution in [0.25, 0.3) is 0 Å². The molecule has 0 radical (unpaired) electrons. The van der Waals surface area contributed by atoms with Crippen molar-refractivity contribution in [3.05, 3.63) is 29.8 Å². The van der Waals surface area contributed by atoms with Crippen molar-refractivity contribution in [3.8, 4) is 0 Å². The van der Waals surface area contributed by atoms with E-state index in [-0.39, 0.29) is 12.5 Å². The predicted octanol–water partition coefficient (Wildman–Crippen LogP) is 2.72. The topological polar surface area (TPSA) is 78.4 Å². The van der Waals surface area contributed by atoms with Crippen LogP contribution in [0.15, 0.2) is 24.3 Å². The molecule has 21 heavy (non-hydrogen) atoms. The van der Waals surface area contributed by atoms with E-state index < -0.39 is 5.97 Å². The zero-order valence-electron chi connectivity index (χ0n) is 11.8. The Bertz CT molecular complexity index is 501. The summed E-state index contributed by atoms with van der Waals surface area (Å²) >= 11 is 1.90. The monoisotopic (exact) mass is 308 g/mol. The third-order valence-electron chi connectivity index (χ3n) is 3.37. The van der Waals surface area contributed by atoms with Crippen LogP contribution in [0.3, 0.4) is 0 Å². The smallest absolute Gasteiger partial charge is 0.319 e. The Morgan fingerprint density at radius 2 is 2.10 bits per heavy atom. The van der Waals surface area contributed by atoms with E-state index in [1.165, 1.54) is 12.8 Å². The molecule has 0 bridgehead atoms. The second-order valence-electron chi connectivity index (χ2n) is 5.05. The maximum absolute atomic E-state index is 11.9. The lowest BCUT2D eigenvalue weighted by Crippen LogP contribution is -2.35. The number of carboxylic acid groups (broad SMARTS) is 1. The van der Waals surface area contributed by atoms with Gasteiger partial charge in [-0.1, -0.05) is 24.6 Å². The summed E-state index contributed by atoms with van der Waals surface area (Å²) in [7, 11) is 0. The van der Waals surface area contributed by atoms with Gasteiger partial charge in [-0.05, 0) is 30.2 Å². The molecule has 1 aromatic rings. The molecule has 1 aromatic carbocycles. The van der Waals surface area contributed by atoms with Crippen molar-refractivity contribution >= 4 is 29.4 Å². The van der Waals surface area contributed by atoms with Crippen molar-refractivity contribution in [2.75, 3.05) is 17.6 Å². The Labute approximate surface area is 128 Å². The minimum atomic E-state index is -0.914. The molecule has 1 aliphatic heterocycles. The summed E-state index contributed by atoms with van der Waals surface area (Å²) in [6.45, 7) is 0.650. The molecule has 1 aliphatic rings. The molecular weight excluding hydrogens is 288 g/mol. The van der Waals surface area contributed by atoms with Gasteiger partial charge in [-0.3, -0.25) is 4.79 Å². The largest absolute Gasteiger partial charge is 0.481 e. The van der Waals surface area contributed by atoms with Crippen molar-refractivity contribution in [1.82, 2.24) is 5.32 Å². The lowest BCUT2D eigenvalue weighted by molar-refractivity contribution is -0.136. The van der Waals surface area contributed by atoms with Crippen LogP contribution in [-0.2, 0) is 11.2 Å². The van der Waals surface area contributed by atoms with Crippen LogP contribution >= 0.6 is 11.8 Å². The van der Waals surface area contributed by atoms with E-state index in [0.717, 1.165) is 12.2 Å². The third kappa shape index (κ3) is 5.30. The van der Waals surface area contributed by atoms with Crippen LogP contribution in [-0.4, -0.2) is 34.7 Å². The van der Waals surface area contributed by atoms with Gasteiger partial charge < -0.3 is 15.7 Å². The first-order chi connectivity index (χ1) is 10.1. The van der Waals surface area contributed by atoms with Gasteiger partial charge in [0.05, 0.1) is 6.42 Å². The fourth-order valence-corrected chi connectivity index (χ4v) is 3.54. The highest BCUT2D eigenvalue weighted by Crippen LogP contribution is 2.24. The van der Waals surface area contributed by atoms with Gasteiger partial charge in [0.2, 0.25) is 0 Å². The SMILES string of the molecule is O=C(O)Cc1ccccc1NC(=O)NCC1CCCCS1. The molecule has 0 aromatic heterocycles. The summed E-state index contributed by atoms with van der Waals surface area (Å²) in [5, 5.41) is 14.9.